The predicted molar refractivity (Wildman–Crippen MR) is 74.3 cm³/mol. The maximum absolute atomic E-state index is 11.0. The number of halogens is 1. The average Bonchev–Trinajstić information content (AvgIpc) is 2.48. The van der Waals surface area contributed by atoms with Crippen LogP contribution in [0.15, 0.2) is 18.2 Å². The topological polar surface area (TPSA) is 112 Å². The largest absolute Gasteiger partial charge is 0.467 e. The lowest BCUT2D eigenvalue weighted by Crippen LogP contribution is -2.05. The van der Waals surface area contributed by atoms with Gasteiger partial charge in [0.15, 0.2) is 0 Å². The van der Waals surface area contributed by atoms with Gasteiger partial charge in [-0.3, -0.25) is 10.1 Å². The van der Waals surface area contributed by atoms with E-state index in [1.165, 1.54) is 32.4 Å². The standard InChI is InChI=1S/C11H10ClN5O4/c1-20-10-14-9(15-11(16-10)21-2)13-7-4-3-6(12)5-8(7)17(18)19/h3-5H,1-2H3,(H,13,14,15,16). The van der Waals surface area contributed by atoms with E-state index in [1.54, 1.807) is 0 Å². The van der Waals surface area contributed by atoms with Crippen molar-refractivity contribution in [3.63, 3.8) is 0 Å². The molecule has 1 aromatic carbocycles. The monoisotopic (exact) mass is 311 g/mol. The quantitative estimate of drug-likeness (QED) is 0.660. The molecule has 0 bridgehead atoms. The number of rotatable bonds is 5. The van der Waals surface area contributed by atoms with Crippen LogP contribution in [0.3, 0.4) is 0 Å². The van der Waals surface area contributed by atoms with Crippen molar-refractivity contribution in [2.24, 2.45) is 0 Å². The van der Waals surface area contributed by atoms with Crippen LogP contribution in [0.4, 0.5) is 17.3 Å². The molecule has 0 aliphatic rings. The van der Waals surface area contributed by atoms with E-state index >= 15 is 0 Å². The fourth-order valence-corrected chi connectivity index (χ4v) is 1.62. The van der Waals surface area contributed by atoms with E-state index in [9.17, 15) is 10.1 Å². The van der Waals surface area contributed by atoms with Gasteiger partial charge in [-0.1, -0.05) is 11.6 Å². The average molecular weight is 312 g/mol. The van der Waals surface area contributed by atoms with Gasteiger partial charge in [0.25, 0.3) is 5.69 Å². The fraction of sp³-hybridized carbons (Fsp3) is 0.182. The van der Waals surface area contributed by atoms with Crippen LogP contribution in [0.2, 0.25) is 5.02 Å². The highest BCUT2D eigenvalue weighted by Gasteiger charge is 2.16. The summed E-state index contributed by atoms with van der Waals surface area (Å²) in [6, 6.07) is 4.21. The minimum Gasteiger partial charge on any atom is -0.467 e. The van der Waals surface area contributed by atoms with Crippen LogP contribution < -0.4 is 14.8 Å². The second-order valence-corrected chi connectivity index (χ2v) is 4.11. The Bertz CT molecular complexity index is 659. The Morgan fingerprint density at radius 2 is 1.81 bits per heavy atom. The number of anilines is 2. The summed E-state index contributed by atoms with van der Waals surface area (Å²) in [4.78, 5) is 22.1. The zero-order valence-corrected chi connectivity index (χ0v) is 11.8. The lowest BCUT2D eigenvalue weighted by molar-refractivity contribution is -0.383. The number of aromatic nitrogens is 3. The minimum atomic E-state index is -0.566. The summed E-state index contributed by atoms with van der Waals surface area (Å²) in [7, 11) is 2.76. The van der Waals surface area contributed by atoms with E-state index in [0.717, 1.165) is 0 Å². The molecule has 2 rings (SSSR count). The van der Waals surface area contributed by atoms with Crippen molar-refractivity contribution >= 4 is 28.9 Å². The number of ether oxygens (including phenoxy) is 2. The first-order chi connectivity index (χ1) is 10.0. The van der Waals surface area contributed by atoms with Crippen molar-refractivity contribution < 1.29 is 14.4 Å². The van der Waals surface area contributed by atoms with E-state index in [1.807, 2.05) is 0 Å². The number of benzene rings is 1. The Morgan fingerprint density at radius 3 is 2.33 bits per heavy atom. The van der Waals surface area contributed by atoms with Gasteiger partial charge in [0.05, 0.1) is 19.1 Å². The van der Waals surface area contributed by atoms with Crippen LogP contribution in [0, 0.1) is 10.1 Å². The number of methoxy groups -OCH3 is 2. The van der Waals surface area contributed by atoms with Gasteiger partial charge in [-0.25, -0.2) is 0 Å². The van der Waals surface area contributed by atoms with Crippen LogP contribution in [-0.2, 0) is 0 Å². The van der Waals surface area contributed by atoms with Gasteiger partial charge in [-0.2, -0.15) is 9.97 Å². The zero-order valence-electron chi connectivity index (χ0n) is 11.0. The summed E-state index contributed by atoms with van der Waals surface area (Å²) in [5.41, 5.74) is -0.0273. The minimum absolute atomic E-state index is 0.0148. The van der Waals surface area contributed by atoms with Crippen LogP contribution in [-0.4, -0.2) is 34.1 Å². The van der Waals surface area contributed by atoms with Gasteiger partial charge < -0.3 is 14.8 Å². The van der Waals surface area contributed by atoms with Crippen molar-refractivity contribution in [1.29, 1.82) is 0 Å². The molecule has 1 N–H and O–H groups in total. The zero-order chi connectivity index (χ0) is 15.4. The maximum atomic E-state index is 11.0. The van der Waals surface area contributed by atoms with Crippen molar-refractivity contribution in [3.05, 3.63) is 33.3 Å². The molecule has 0 radical (unpaired) electrons. The summed E-state index contributed by atoms with van der Waals surface area (Å²) in [6.45, 7) is 0. The van der Waals surface area contributed by atoms with E-state index in [0.29, 0.717) is 0 Å². The smallest absolute Gasteiger partial charge is 0.324 e. The Labute approximate surface area is 124 Å². The third-order valence-corrected chi connectivity index (χ3v) is 2.60. The van der Waals surface area contributed by atoms with Gasteiger partial charge in [-0.15, -0.1) is 4.98 Å². The molecular formula is C11H10ClN5O4. The second kappa shape index (κ2) is 6.18. The van der Waals surface area contributed by atoms with Crippen molar-refractivity contribution in [2.75, 3.05) is 19.5 Å². The highest BCUT2D eigenvalue weighted by atomic mass is 35.5. The molecule has 1 heterocycles. The molecule has 0 spiro atoms. The van der Waals surface area contributed by atoms with Gasteiger partial charge in [-0.05, 0) is 12.1 Å². The van der Waals surface area contributed by atoms with Crippen molar-refractivity contribution in [3.8, 4) is 12.0 Å². The summed E-state index contributed by atoms with van der Waals surface area (Å²) in [5, 5.41) is 14.0. The van der Waals surface area contributed by atoms with Crippen molar-refractivity contribution in [1.82, 2.24) is 15.0 Å². The van der Waals surface area contributed by atoms with Crippen LogP contribution in [0.5, 0.6) is 12.0 Å². The second-order valence-electron chi connectivity index (χ2n) is 3.68. The van der Waals surface area contributed by atoms with E-state index in [2.05, 4.69) is 20.3 Å². The fourth-order valence-electron chi connectivity index (χ4n) is 1.46. The van der Waals surface area contributed by atoms with E-state index in [-0.39, 0.29) is 34.4 Å². The van der Waals surface area contributed by atoms with Crippen LogP contribution >= 0.6 is 11.6 Å². The molecule has 0 saturated carbocycles. The van der Waals surface area contributed by atoms with Crippen LogP contribution in [0.25, 0.3) is 0 Å². The van der Waals surface area contributed by atoms with Gasteiger partial charge in [0.1, 0.15) is 5.69 Å². The Kier molecular flexibility index (Phi) is 4.33. The molecule has 0 amide bonds. The summed E-state index contributed by atoms with van der Waals surface area (Å²) < 4.78 is 9.79. The number of nitrogens with one attached hydrogen (secondary N) is 1. The first-order valence-electron chi connectivity index (χ1n) is 5.58. The molecule has 0 unspecified atom stereocenters. The molecule has 2 aromatic rings. The normalized spacial score (nSPS) is 10.0. The lowest BCUT2D eigenvalue weighted by atomic mass is 10.2. The molecule has 0 atom stereocenters. The van der Waals surface area contributed by atoms with Gasteiger partial charge in [0, 0.05) is 11.1 Å². The highest BCUT2D eigenvalue weighted by Crippen LogP contribution is 2.29. The number of nitro groups is 1. The van der Waals surface area contributed by atoms with Gasteiger partial charge >= 0.3 is 12.0 Å². The highest BCUT2D eigenvalue weighted by molar-refractivity contribution is 6.30. The molecule has 0 aliphatic heterocycles. The number of hydrogen-bond donors (Lipinski definition) is 1. The third kappa shape index (κ3) is 3.45. The Morgan fingerprint density at radius 1 is 1.19 bits per heavy atom. The SMILES string of the molecule is COc1nc(Nc2ccc(Cl)cc2[N+](=O)[O-])nc(OC)n1. The van der Waals surface area contributed by atoms with E-state index < -0.39 is 4.92 Å². The number of hydrogen-bond acceptors (Lipinski definition) is 8. The number of nitro benzene ring substituents is 1. The Balaban J connectivity index is 2.40. The molecular weight excluding hydrogens is 302 g/mol. The Hall–Kier alpha value is -2.68. The molecule has 1 aromatic heterocycles. The maximum Gasteiger partial charge on any atom is 0.324 e. The molecule has 110 valence electrons. The molecule has 0 aliphatic carbocycles. The molecule has 9 nitrogen and oxygen atoms in total. The van der Waals surface area contributed by atoms with Crippen LogP contribution in [0.1, 0.15) is 0 Å². The summed E-state index contributed by atoms with van der Waals surface area (Å²) in [5.74, 6) is 0.0455. The van der Waals surface area contributed by atoms with Gasteiger partial charge in [0.2, 0.25) is 5.95 Å². The van der Waals surface area contributed by atoms with E-state index in [4.69, 9.17) is 21.1 Å². The summed E-state index contributed by atoms with van der Waals surface area (Å²) >= 11 is 5.75. The molecule has 0 saturated heterocycles. The first kappa shape index (κ1) is 14.7. The lowest BCUT2D eigenvalue weighted by Gasteiger charge is -2.08. The van der Waals surface area contributed by atoms with Crippen molar-refractivity contribution in [2.45, 2.75) is 0 Å². The first-order valence-corrected chi connectivity index (χ1v) is 5.96. The third-order valence-electron chi connectivity index (χ3n) is 2.36. The molecule has 0 fully saturated rings. The predicted octanol–water partition coefficient (Wildman–Crippen LogP) is 2.19. The molecule has 21 heavy (non-hydrogen) atoms. The molecule has 10 heteroatoms. The summed E-state index contributed by atoms with van der Waals surface area (Å²) in [6.07, 6.45) is 0. The number of nitrogens with zero attached hydrogens (tertiary/aromatic N) is 4.